The highest BCUT2D eigenvalue weighted by Crippen LogP contribution is 2.23. The lowest BCUT2D eigenvalue weighted by Crippen LogP contribution is -2.20. The van der Waals surface area contributed by atoms with E-state index in [1.807, 2.05) is 0 Å². The molecule has 1 aromatic carbocycles. The Morgan fingerprint density at radius 1 is 1.18 bits per heavy atom. The number of carbonyl (C=O) groups is 2. The molecular weight excluding hydrogens is 302 g/mol. The van der Waals surface area contributed by atoms with Crippen molar-refractivity contribution in [1.29, 1.82) is 0 Å². The summed E-state index contributed by atoms with van der Waals surface area (Å²) >= 11 is 1.23. The fourth-order valence-corrected chi connectivity index (χ4v) is 3.13. The van der Waals surface area contributed by atoms with Gasteiger partial charge in [0, 0.05) is 23.2 Å². The third-order valence-electron chi connectivity index (χ3n) is 3.27. The molecule has 6 heteroatoms. The van der Waals surface area contributed by atoms with E-state index in [4.69, 9.17) is 4.74 Å². The number of hydrogen-bond acceptors (Lipinski definition) is 5. The van der Waals surface area contributed by atoms with Crippen molar-refractivity contribution in [2.24, 2.45) is 0 Å². The quantitative estimate of drug-likeness (QED) is 0.550. The molecule has 2 aromatic heterocycles. The minimum absolute atomic E-state index is 0.0104. The average molecular weight is 313 g/mol. The fourth-order valence-electron chi connectivity index (χ4n) is 2.24. The van der Waals surface area contributed by atoms with Gasteiger partial charge in [0.05, 0.1) is 18.2 Å². The summed E-state index contributed by atoms with van der Waals surface area (Å²) in [6.07, 6.45) is 1.57. The minimum Gasteiger partial charge on any atom is -0.465 e. The highest BCUT2D eigenvalue weighted by atomic mass is 32.1. The van der Waals surface area contributed by atoms with Crippen molar-refractivity contribution in [3.63, 3.8) is 0 Å². The number of rotatable bonds is 3. The molecule has 5 nitrogen and oxygen atoms in total. The molecule has 0 aliphatic rings. The molecule has 0 atom stereocenters. The van der Waals surface area contributed by atoms with Crippen molar-refractivity contribution >= 4 is 27.9 Å². The van der Waals surface area contributed by atoms with E-state index in [0.29, 0.717) is 10.4 Å². The number of thiazole rings is 1. The highest BCUT2D eigenvalue weighted by molar-refractivity contribution is 7.16. The van der Waals surface area contributed by atoms with Crippen LogP contribution in [0.3, 0.4) is 0 Å². The Hall–Kier alpha value is -2.73. The average Bonchev–Trinajstić information content (AvgIpc) is 3.04. The van der Waals surface area contributed by atoms with E-state index in [-0.39, 0.29) is 22.5 Å². The number of esters is 1. The first-order valence-electron chi connectivity index (χ1n) is 6.44. The molecule has 0 saturated carbocycles. The number of aromatic nitrogens is 1. The van der Waals surface area contributed by atoms with Crippen LogP contribution in [-0.2, 0) is 4.74 Å². The Balaban J connectivity index is 2.33. The SMILES string of the molecule is COC(=O)c1cc(=O)n2ccsc2c1C(=O)c1ccccc1. The number of pyridine rings is 1. The van der Waals surface area contributed by atoms with Crippen LogP contribution in [0.15, 0.2) is 52.8 Å². The predicted molar refractivity (Wildman–Crippen MR) is 82.8 cm³/mol. The van der Waals surface area contributed by atoms with Crippen molar-refractivity contribution in [3.05, 3.63) is 75.0 Å². The van der Waals surface area contributed by atoms with E-state index in [0.717, 1.165) is 6.07 Å². The van der Waals surface area contributed by atoms with Gasteiger partial charge < -0.3 is 4.74 Å². The molecule has 22 heavy (non-hydrogen) atoms. The molecule has 0 aliphatic heterocycles. The van der Waals surface area contributed by atoms with Gasteiger partial charge in [-0.3, -0.25) is 14.0 Å². The minimum atomic E-state index is -0.702. The second kappa shape index (κ2) is 5.57. The number of benzene rings is 1. The molecule has 3 rings (SSSR count). The maximum atomic E-state index is 12.8. The summed E-state index contributed by atoms with van der Waals surface area (Å²) < 4.78 is 6.06. The first-order chi connectivity index (χ1) is 10.6. The molecule has 0 amide bonds. The van der Waals surface area contributed by atoms with Gasteiger partial charge in [-0.15, -0.1) is 11.3 Å². The van der Waals surface area contributed by atoms with Gasteiger partial charge in [-0.1, -0.05) is 30.3 Å². The zero-order valence-corrected chi connectivity index (χ0v) is 12.4. The Bertz CT molecular complexity index is 924. The Labute approximate surface area is 129 Å². The first-order valence-corrected chi connectivity index (χ1v) is 7.32. The molecule has 0 N–H and O–H groups in total. The second-order valence-corrected chi connectivity index (χ2v) is 5.43. The van der Waals surface area contributed by atoms with Crippen LogP contribution in [0.5, 0.6) is 0 Å². The first kappa shape index (κ1) is 14.2. The Morgan fingerprint density at radius 3 is 2.59 bits per heavy atom. The number of fused-ring (bicyclic) bond motifs is 1. The van der Waals surface area contributed by atoms with Crippen molar-refractivity contribution in [2.75, 3.05) is 7.11 Å². The zero-order valence-electron chi connectivity index (χ0n) is 11.6. The second-order valence-electron chi connectivity index (χ2n) is 4.54. The van der Waals surface area contributed by atoms with E-state index in [1.165, 1.54) is 22.8 Å². The van der Waals surface area contributed by atoms with Gasteiger partial charge >= 0.3 is 5.97 Å². The number of carbonyl (C=O) groups excluding carboxylic acids is 2. The lowest BCUT2D eigenvalue weighted by atomic mass is 10.0. The third kappa shape index (κ3) is 2.23. The topological polar surface area (TPSA) is 64.8 Å². The smallest absolute Gasteiger partial charge is 0.338 e. The number of hydrogen-bond donors (Lipinski definition) is 0. The number of ether oxygens (including phenoxy) is 1. The number of nitrogens with zero attached hydrogens (tertiary/aromatic N) is 1. The molecule has 0 radical (unpaired) electrons. The summed E-state index contributed by atoms with van der Waals surface area (Å²) in [5.74, 6) is -1.02. The zero-order chi connectivity index (χ0) is 15.7. The van der Waals surface area contributed by atoms with Crippen LogP contribution in [0, 0.1) is 0 Å². The molecule has 0 saturated heterocycles. The maximum Gasteiger partial charge on any atom is 0.338 e. The van der Waals surface area contributed by atoms with Crippen molar-refractivity contribution in [1.82, 2.24) is 4.40 Å². The van der Waals surface area contributed by atoms with Gasteiger partial charge in [0.15, 0.2) is 5.78 Å². The van der Waals surface area contributed by atoms with Crippen molar-refractivity contribution in [3.8, 4) is 0 Å². The van der Waals surface area contributed by atoms with Crippen molar-refractivity contribution < 1.29 is 14.3 Å². The monoisotopic (exact) mass is 313 g/mol. The Morgan fingerprint density at radius 2 is 1.91 bits per heavy atom. The predicted octanol–water partition coefficient (Wildman–Crippen LogP) is 2.38. The number of methoxy groups -OCH3 is 1. The summed E-state index contributed by atoms with van der Waals surface area (Å²) in [6.45, 7) is 0. The van der Waals surface area contributed by atoms with Crippen LogP contribution in [0.4, 0.5) is 0 Å². The van der Waals surface area contributed by atoms with Crippen LogP contribution in [0.2, 0.25) is 0 Å². The van der Waals surface area contributed by atoms with Crippen LogP contribution in [0.25, 0.3) is 4.83 Å². The van der Waals surface area contributed by atoms with Gasteiger partial charge in [-0.25, -0.2) is 4.79 Å². The molecule has 0 unspecified atom stereocenters. The summed E-state index contributed by atoms with van der Waals surface area (Å²) in [4.78, 5) is 37.2. The van der Waals surface area contributed by atoms with Crippen LogP contribution in [-0.4, -0.2) is 23.3 Å². The summed E-state index contributed by atoms with van der Waals surface area (Å²) in [5.41, 5.74) is 0.249. The largest absolute Gasteiger partial charge is 0.465 e. The lowest BCUT2D eigenvalue weighted by Gasteiger charge is -2.08. The van der Waals surface area contributed by atoms with E-state index in [9.17, 15) is 14.4 Å². The molecule has 0 aliphatic carbocycles. The molecule has 0 bridgehead atoms. The summed E-state index contributed by atoms with van der Waals surface area (Å²) in [6, 6.07) is 9.75. The maximum absolute atomic E-state index is 12.8. The molecule has 0 fully saturated rings. The fraction of sp³-hybridized carbons (Fsp3) is 0.0625. The van der Waals surface area contributed by atoms with Gasteiger partial charge in [-0.05, 0) is 0 Å². The molecule has 2 heterocycles. The summed E-state index contributed by atoms with van der Waals surface area (Å²) in [5, 5.41) is 1.69. The van der Waals surface area contributed by atoms with E-state index in [2.05, 4.69) is 0 Å². The summed E-state index contributed by atoms with van der Waals surface area (Å²) in [7, 11) is 1.22. The standard InChI is InChI=1S/C16H11NO4S/c1-21-16(20)11-9-12(18)17-7-8-22-15(17)13(11)14(19)10-5-3-2-4-6-10/h2-9H,1H3. The van der Waals surface area contributed by atoms with Gasteiger partial charge in [0.25, 0.3) is 5.56 Å². The third-order valence-corrected chi connectivity index (χ3v) is 4.15. The van der Waals surface area contributed by atoms with E-state index in [1.54, 1.807) is 41.9 Å². The van der Waals surface area contributed by atoms with E-state index < -0.39 is 5.97 Å². The Kier molecular flexibility index (Phi) is 3.60. The molecule has 3 aromatic rings. The molecular formula is C16H11NO4S. The van der Waals surface area contributed by atoms with Crippen molar-refractivity contribution in [2.45, 2.75) is 0 Å². The van der Waals surface area contributed by atoms with Crippen LogP contribution in [0.1, 0.15) is 26.3 Å². The number of ketones is 1. The highest BCUT2D eigenvalue weighted by Gasteiger charge is 2.24. The van der Waals surface area contributed by atoms with Crippen LogP contribution < -0.4 is 5.56 Å². The normalized spacial score (nSPS) is 10.6. The lowest BCUT2D eigenvalue weighted by molar-refractivity contribution is 0.0597. The van der Waals surface area contributed by atoms with Crippen LogP contribution >= 0.6 is 11.3 Å². The van der Waals surface area contributed by atoms with Gasteiger partial charge in [-0.2, -0.15) is 0 Å². The van der Waals surface area contributed by atoms with Gasteiger partial charge in [0.2, 0.25) is 0 Å². The van der Waals surface area contributed by atoms with E-state index >= 15 is 0 Å². The van der Waals surface area contributed by atoms with Gasteiger partial charge in [0.1, 0.15) is 4.83 Å². The molecule has 0 spiro atoms. The molecule has 110 valence electrons.